The van der Waals surface area contributed by atoms with Crippen LogP contribution >= 0.6 is 11.6 Å². The third kappa shape index (κ3) is 7.29. The summed E-state index contributed by atoms with van der Waals surface area (Å²) in [5.74, 6) is 2.32. The standard InChI is InChI=1S/C26H35ClN6O2S/c27-21-11-13-22(14-12-21)36(34,35)31-18-20-9-7-19(8-10-20)17-30-26-32-24-6-2-1-5-23(24)25(33-26)29-16-4-3-15-28/h1-2,5-6,11-14,19-20,31H,3-4,7-10,15-18,28H2,(H2,29,30,32,33)/t19-,20-. The van der Waals surface area contributed by atoms with E-state index < -0.39 is 10.0 Å². The van der Waals surface area contributed by atoms with Crippen LogP contribution in [0.4, 0.5) is 11.8 Å². The first-order valence-corrected chi connectivity index (χ1v) is 14.5. The van der Waals surface area contributed by atoms with Crippen molar-refractivity contribution in [2.24, 2.45) is 17.6 Å². The lowest BCUT2D eigenvalue weighted by Crippen LogP contribution is -2.32. The van der Waals surface area contributed by atoms with E-state index in [1.807, 2.05) is 24.3 Å². The highest BCUT2D eigenvalue weighted by Crippen LogP contribution is 2.29. The zero-order valence-corrected chi connectivity index (χ0v) is 22.0. The van der Waals surface area contributed by atoms with E-state index >= 15 is 0 Å². The van der Waals surface area contributed by atoms with E-state index in [2.05, 4.69) is 15.4 Å². The molecule has 1 heterocycles. The maximum Gasteiger partial charge on any atom is 0.240 e. The Morgan fingerprint density at radius 1 is 0.889 bits per heavy atom. The van der Waals surface area contributed by atoms with Gasteiger partial charge in [0, 0.05) is 30.0 Å². The molecule has 4 rings (SSSR count). The predicted molar refractivity (Wildman–Crippen MR) is 147 cm³/mol. The number of hydrogen-bond donors (Lipinski definition) is 4. The molecular formula is C26H35ClN6O2S. The van der Waals surface area contributed by atoms with Crippen molar-refractivity contribution in [1.29, 1.82) is 0 Å². The van der Waals surface area contributed by atoms with Gasteiger partial charge in [-0.1, -0.05) is 23.7 Å². The number of para-hydroxylation sites is 1. The van der Waals surface area contributed by atoms with Crippen LogP contribution in [0.25, 0.3) is 10.9 Å². The van der Waals surface area contributed by atoms with Gasteiger partial charge in [0.25, 0.3) is 0 Å². The lowest BCUT2D eigenvalue weighted by Gasteiger charge is -2.28. The Morgan fingerprint density at radius 2 is 1.58 bits per heavy atom. The first kappa shape index (κ1) is 26.6. The van der Waals surface area contributed by atoms with Gasteiger partial charge in [-0.05, 0) is 93.3 Å². The van der Waals surface area contributed by atoms with Crippen LogP contribution in [-0.4, -0.2) is 44.6 Å². The van der Waals surface area contributed by atoms with Crippen molar-refractivity contribution in [3.05, 3.63) is 53.6 Å². The molecule has 1 aliphatic rings. The van der Waals surface area contributed by atoms with Crippen molar-refractivity contribution in [1.82, 2.24) is 14.7 Å². The molecule has 0 bridgehead atoms. The Bertz CT molecular complexity index is 1230. The Kier molecular flexibility index (Phi) is 9.36. The fourth-order valence-electron chi connectivity index (χ4n) is 4.57. The molecule has 0 unspecified atom stereocenters. The zero-order chi connectivity index (χ0) is 25.4. The molecule has 1 aromatic heterocycles. The normalized spacial score (nSPS) is 18.3. The smallest absolute Gasteiger partial charge is 0.240 e. The van der Waals surface area contributed by atoms with Gasteiger partial charge in [-0.3, -0.25) is 0 Å². The van der Waals surface area contributed by atoms with Gasteiger partial charge in [0.1, 0.15) is 5.82 Å². The molecule has 2 aromatic carbocycles. The number of nitrogens with zero attached hydrogens (tertiary/aromatic N) is 2. The molecule has 1 saturated carbocycles. The maximum atomic E-state index is 12.5. The summed E-state index contributed by atoms with van der Waals surface area (Å²) in [6, 6.07) is 14.3. The summed E-state index contributed by atoms with van der Waals surface area (Å²) in [6.07, 6.45) is 6.03. The van der Waals surface area contributed by atoms with Gasteiger partial charge in [0.05, 0.1) is 10.4 Å². The first-order valence-electron chi connectivity index (χ1n) is 12.6. The number of sulfonamides is 1. The number of benzene rings is 2. The third-order valence-corrected chi connectivity index (χ3v) is 8.42. The maximum absolute atomic E-state index is 12.5. The van der Waals surface area contributed by atoms with Gasteiger partial charge in [0.15, 0.2) is 0 Å². The summed E-state index contributed by atoms with van der Waals surface area (Å²) in [7, 11) is -3.52. The minimum atomic E-state index is -3.52. The van der Waals surface area contributed by atoms with Crippen LogP contribution < -0.4 is 21.1 Å². The number of fused-ring (bicyclic) bond motifs is 1. The Morgan fingerprint density at radius 3 is 2.31 bits per heavy atom. The summed E-state index contributed by atoms with van der Waals surface area (Å²) >= 11 is 5.87. The van der Waals surface area contributed by atoms with E-state index in [4.69, 9.17) is 27.3 Å². The van der Waals surface area contributed by atoms with Crippen LogP contribution in [0, 0.1) is 11.8 Å². The lowest BCUT2D eigenvalue weighted by atomic mass is 9.82. The van der Waals surface area contributed by atoms with Crippen LogP contribution in [0.5, 0.6) is 0 Å². The average molecular weight is 531 g/mol. The molecule has 1 aliphatic carbocycles. The summed E-state index contributed by atoms with van der Waals surface area (Å²) in [5.41, 5.74) is 6.52. The summed E-state index contributed by atoms with van der Waals surface area (Å²) in [4.78, 5) is 9.69. The van der Waals surface area contributed by atoms with Crippen molar-refractivity contribution in [3.8, 4) is 0 Å². The largest absolute Gasteiger partial charge is 0.369 e. The van der Waals surface area contributed by atoms with Crippen molar-refractivity contribution < 1.29 is 8.42 Å². The fraction of sp³-hybridized carbons (Fsp3) is 0.462. The highest BCUT2D eigenvalue weighted by Gasteiger charge is 2.23. The predicted octanol–water partition coefficient (Wildman–Crippen LogP) is 4.63. The monoisotopic (exact) mass is 530 g/mol. The molecule has 8 nitrogen and oxygen atoms in total. The number of nitrogens with two attached hydrogens (primary N) is 1. The summed E-state index contributed by atoms with van der Waals surface area (Å²) in [5, 5.41) is 8.41. The van der Waals surface area contributed by atoms with Crippen LogP contribution in [0.1, 0.15) is 38.5 Å². The highest BCUT2D eigenvalue weighted by molar-refractivity contribution is 7.89. The lowest BCUT2D eigenvalue weighted by molar-refractivity contribution is 0.284. The number of aromatic nitrogens is 2. The van der Waals surface area contributed by atoms with Crippen LogP contribution in [0.15, 0.2) is 53.4 Å². The molecule has 0 spiro atoms. The molecule has 0 saturated heterocycles. The van der Waals surface area contributed by atoms with Crippen molar-refractivity contribution >= 4 is 44.3 Å². The fourth-order valence-corrected chi connectivity index (χ4v) is 5.81. The van der Waals surface area contributed by atoms with Gasteiger partial charge in [-0.15, -0.1) is 0 Å². The third-order valence-electron chi connectivity index (χ3n) is 6.73. The van der Waals surface area contributed by atoms with Crippen molar-refractivity contribution in [2.75, 3.05) is 36.8 Å². The van der Waals surface area contributed by atoms with Crippen molar-refractivity contribution in [2.45, 2.75) is 43.4 Å². The second kappa shape index (κ2) is 12.7. The van der Waals surface area contributed by atoms with Crippen LogP contribution in [0.3, 0.4) is 0 Å². The highest BCUT2D eigenvalue weighted by atomic mass is 35.5. The first-order chi connectivity index (χ1) is 17.4. The topological polar surface area (TPSA) is 122 Å². The van der Waals surface area contributed by atoms with E-state index in [9.17, 15) is 8.42 Å². The average Bonchev–Trinajstić information content (AvgIpc) is 2.89. The molecule has 0 radical (unpaired) electrons. The SMILES string of the molecule is NCCCCNc1nc(NC[C@H]2CC[C@H](CNS(=O)(=O)c3ccc(Cl)cc3)CC2)nc2ccccc12. The van der Waals surface area contributed by atoms with Gasteiger partial charge in [0.2, 0.25) is 16.0 Å². The van der Waals surface area contributed by atoms with E-state index in [-0.39, 0.29) is 4.90 Å². The summed E-state index contributed by atoms with van der Waals surface area (Å²) in [6.45, 7) is 2.77. The van der Waals surface area contributed by atoms with Crippen LogP contribution in [0.2, 0.25) is 5.02 Å². The minimum absolute atomic E-state index is 0.244. The molecule has 0 aliphatic heterocycles. The Balaban J connectivity index is 1.27. The quantitative estimate of drug-likeness (QED) is 0.252. The van der Waals surface area contributed by atoms with Gasteiger partial charge < -0.3 is 16.4 Å². The number of anilines is 2. The zero-order valence-electron chi connectivity index (χ0n) is 20.4. The Hall–Kier alpha value is -2.46. The van der Waals surface area contributed by atoms with Gasteiger partial charge in [-0.2, -0.15) is 4.98 Å². The van der Waals surface area contributed by atoms with Gasteiger partial charge in [-0.25, -0.2) is 18.1 Å². The molecule has 1 fully saturated rings. The number of halogens is 1. The minimum Gasteiger partial charge on any atom is -0.369 e. The molecular weight excluding hydrogens is 496 g/mol. The summed E-state index contributed by atoms with van der Waals surface area (Å²) < 4.78 is 27.8. The number of nitrogens with one attached hydrogen (secondary N) is 3. The number of rotatable bonds is 12. The molecule has 5 N–H and O–H groups in total. The molecule has 194 valence electrons. The molecule has 36 heavy (non-hydrogen) atoms. The van der Waals surface area contributed by atoms with Crippen LogP contribution in [-0.2, 0) is 10.0 Å². The van der Waals surface area contributed by atoms with E-state index in [0.717, 1.165) is 68.3 Å². The second-order valence-corrected chi connectivity index (χ2v) is 11.6. The molecule has 3 aromatic rings. The Labute approximate surface area is 218 Å². The van der Waals surface area contributed by atoms with E-state index in [1.165, 1.54) is 12.1 Å². The van der Waals surface area contributed by atoms with Gasteiger partial charge >= 0.3 is 0 Å². The molecule has 10 heteroatoms. The number of hydrogen-bond acceptors (Lipinski definition) is 7. The van der Waals surface area contributed by atoms with E-state index in [1.54, 1.807) is 12.1 Å². The van der Waals surface area contributed by atoms with Crippen molar-refractivity contribution in [3.63, 3.8) is 0 Å². The number of unbranched alkanes of at least 4 members (excludes halogenated alkanes) is 1. The molecule has 0 atom stereocenters. The second-order valence-electron chi connectivity index (χ2n) is 9.41. The molecule has 0 amide bonds. The van der Waals surface area contributed by atoms with E-state index in [0.29, 0.717) is 35.9 Å².